The second-order valence-electron chi connectivity index (χ2n) is 3.57. The Balaban J connectivity index is 3.13. The van der Waals surface area contributed by atoms with Gasteiger partial charge >= 0.3 is 5.97 Å². The maximum absolute atomic E-state index is 10.8. The average molecular weight is 229 g/mol. The topological polar surface area (TPSA) is 46.5 Å². The van der Waals surface area contributed by atoms with Gasteiger partial charge in [-0.2, -0.15) is 0 Å². The minimum Gasteiger partial charge on any atom is -0.491 e. The van der Waals surface area contributed by atoms with Crippen molar-refractivity contribution in [3.8, 4) is 5.75 Å². The van der Waals surface area contributed by atoms with Crippen molar-refractivity contribution in [1.82, 2.24) is 0 Å². The second-order valence-corrected chi connectivity index (χ2v) is 3.98. The van der Waals surface area contributed by atoms with Crippen LogP contribution in [-0.2, 0) is 0 Å². The summed E-state index contributed by atoms with van der Waals surface area (Å²) in [6.45, 7) is 5.59. The number of benzene rings is 1. The number of hydrogen-bond acceptors (Lipinski definition) is 2. The Morgan fingerprint density at radius 2 is 2.07 bits per heavy atom. The predicted molar refractivity (Wildman–Crippen MR) is 58.9 cm³/mol. The molecule has 0 saturated heterocycles. The quantitative estimate of drug-likeness (QED) is 0.865. The molecule has 3 nitrogen and oxygen atoms in total. The van der Waals surface area contributed by atoms with Crippen molar-refractivity contribution in [3.63, 3.8) is 0 Å². The lowest BCUT2D eigenvalue weighted by Crippen LogP contribution is -2.08. The van der Waals surface area contributed by atoms with E-state index in [2.05, 4.69) is 0 Å². The molecule has 0 aliphatic heterocycles. The van der Waals surface area contributed by atoms with Crippen LogP contribution in [0.3, 0.4) is 0 Å². The van der Waals surface area contributed by atoms with Gasteiger partial charge in [0, 0.05) is 0 Å². The largest absolute Gasteiger partial charge is 0.491 e. The van der Waals surface area contributed by atoms with Gasteiger partial charge in [0.25, 0.3) is 0 Å². The van der Waals surface area contributed by atoms with Crippen LogP contribution in [0.25, 0.3) is 0 Å². The highest BCUT2D eigenvalue weighted by Crippen LogP contribution is 2.27. The highest BCUT2D eigenvalue weighted by Gasteiger charge is 2.12. The molecule has 0 aliphatic carbocycles. The third-order valence-corrected chi connectivity index (χ3v) is 2.17. The van der Waals surface area contributed by atoms with Gasteiger partial charge in [0.2, 0.25) is 0 Å². The van der Waals surface area contributed by atoms with Crippen molar-refractivity contribution in [2.24, 2.45) is 0 Å². The Bertz CT molecular complexity index is 386. The summed E-state index contributed by atoms with van der Waals surface area (Å²) in [6, 6.07) is 3.06. The summed E-state index contributed by atoms with van der Waals surface area (Å²) < 4.78 is 5.48. The molecule has 1 rings (SSSR count). The molecule has 0 saturated carbocycles. The lowest BCUT2D eigenvalue weighted by atomic mass is 10.1. The van der Waals surface area contributed by atoms with Gasteiger partial charge in [0.05, 0.1) is 16.7 Å². The first-order chi connectivity index (χ1) is 6.91. The highest BCUT2D eigenvalue weighted by atomic mass is 35.5. The first-order valence-corrected chi connectivity index (χ1v) is 4.99. The third-order valence-electron chi connectivity index (χ3n) is 1.86. The molecule has 0 aliphatic rings. The van der Waals surface area contributed by atoms with Crippen molar-refractivity contribution in [3.05, 3.63) is 28.3 Å². The van der Waals surface area contributed by atoms with E-state index < -0.39 is 5.97 Å². The minimum atomic E-state index is -1.03. The zero-order chi connectivity index (χ0) is 11.6. The molecule has 1 N–H and O–H groups in total. The molecule has 1 aromatic carbocycles. The maximum Gasteiger partial charge on any atom is 0.337 e. The Hall–Kier alpha value is -1.22. The van der Waals surface area contributed by atoms with Gasteiger partial charge in [-0.1, -0.05) is 11.6 Å². The molecular weight excluding hydrogens is 216 g/mol. The number of carbonyl (C=O) groups is 1. The summed E-state index contributed by atoms with van der Waals surface area (Å²) in [7, 11) is 0. The van der Waals surface area contributed by atoms with Crippen LogP contribution in [0.2, 0.25) is 5.02 Å². The van der Waals surface area contributed by atoms with E-state index >= 15 is 0 Å². The number of aromatic carboxylic acids is 1. The molecule has 0 heterocycles. The molecular formula is C11H13ClO3. The first kappa shape index (κ1) is 11.9. The molecule has 0 fully saturated rings. The smallest absolute Gasteiger partial charge is 0.337 e. The van der Waals surface area contributed by atoms with Crippen LogP contribution in [-0.4, -0.2) is 17.2 Å². The van der Waals surface area contributed by atoms with Crippen molar-refractivity contribution >= 4 is 17.6 Å². The monoisotopic (exact) mass is 228 g/mol. The lowest BCUT2D eigenvalue weighted by Gasteiger charge is -2.13. The zero-order valence-corrected chi connectivity index (χ0v) is 9.63. The van der Waals surface area contributed by atoms with E-state index in [0.29, 0.717) is 5.75 Å². The Morgan fingerprint density at radius 1 is 1.47 bits per heavy atom. The van der Waals surface area contributed by atoms with Crippen LogP contribution >= 0.6 is 11.6 Å². The number of carboxylic acids is 1. The Kier molecular flexibility index (Phi) is 3.58. The number of halogens is 1. The van der Waals surface area contributed by atoms with E-state index in [1.807, 2.05) is 13.8 Å². The summed E-state index contributed by atoms with van der Waals surface area (Å²) in [5.41, 5.74) is 0.871. The summed E-state index contributed by atoms with van der Waals surface area (Å²) >= 11 is 5.82. The second kappa shape index (κ2) is 4.53. The molecule has 0 bridgehead atoms. The van der Waals surface area contributed by atoms with Crippen molar-refractivity contribution in [1.29, 1.82) is 0 Å². The standard InChI is InChI=1S/C11H13ClO3/c1-6(2)15-10-5-9(12)8(11(13)14)4-7(10)3/h4-6H,1-3H3,(H,13,14). The van der Waals surface area contributed by atoms with Gasteiger partial charge in [-0.25, -0.2) is 4.79 Å². The van der Waals surface area contributed by atoms with E-state index in [1.165, 1.54) is 6.07 Å². The summed E-state index contributed by atoms with van der Waals surface area (Å²) in [4.78, 5) is 10.8. The number of rotatable bonds is 3. The predicted octanol–water partition coefficient (Wildman–Crippen LogP) is 3.13. The maximum atomic E-state index is 10.8. The molecule has 4 heteroatoms. The molecule has 0 radical (unpaired) electrons. The molecule has 0 amide bonds. The molecule has 0 atom stereocenters. The van der Waals surface area contributed by atoms with Gasteiger partial charge in [0.1, 0.15) is 5.75 Å². The number of aryl methyl sites for hydroxylation is 1. The molecule has 15 heavy (non-hydrogen) atoms. The summed E-state index contributed by atoms with van der Waals surface area (Å²) in [5, 5.41) is 9.04. The summed E-state index contributed by atoms with van der Waals surface area (Å²) in [6.07, 6.45) is 0.0374. The molecule has 0 aromatic heterocycles. The van der Waals surface area contributed by atoms with Gasteiger partial charge in [-0.3, -0.25) is 0 Å². The Morgan fingerprint density at radius 3 is 2.53 bits per heavy atom. The zero-order valence-electron chi connectivity index (χ0n) is 8.87. The fourth-order valence-electron chi connectivity index (χ4n) is 1.21. The SMILES string of the molecule is Cc1cc(C(=O)O)c(Cl)cc1OC(C)C. The molecule has 1 aromatic rings. The number of hydrogen-bond donors (Lipinski definition) is 1. The van der Waals surface area contributed by atoms with E-state index in [1.54, 1.807) is 13.0 Å². The third kappa shape index (κ3) is 2.86. The molecule has 0 spiro atoms. The first-order valence-electron chi connectivity index (χ1n) is 4.62. The fourth-order valence-corrected chi connectivity index (χ4v) is 1.44. The van der Waals surface area contributed by atoms with Gasteiger partial charge in [0.15, 0.2) is 0 Å². The fraction of sp³-hybridized carbons (Fsp3) is 0.364. The highest BCUT2D eigenvalue weighted by molar-refractivity contribution is 6.33. The van der Waals surface area contributed by atoms with Crippen LogP contribution in [0, 0.1) is 6.92 Å². The lowest BCUT2D eigenvalue weighted by molar-refractivity contribution is 0.0697. The average Bonchev–Trinajstić information content (AvgIpc) is 2.09. The van der Waals surface area contributed by atoms with Crippen LogP contribution in [0.4, 0.5) is 0 Å². The normalized spacial score (nSPS) is 10.5. The van der Waals surface area contributed by atoms with Gasteiger partial charge in [-0.05, 0) is 38.5 Å². The van der Waals surface area contributed by atoms with Crippen LogP contribution in [0.5, 0.6) is 5.75 Å². The molecule has 0 unspecified atom stereocenters. The van der Waals surface area contributed by atoms with Crippen molar-refractivity contribution < 1.29 is 14.6 Å². The van der Waals surface area contributed by atoms with Crippen LogP contribution in [0.15, 0.2) is 12.1 Å². The van der Waals surface area contributed by atoms with Crippen LogP contribution < -0.4 is 4.74 Å². The van der Waals surface area contributed by atoms with Gasteiger partial charge < -0.3 is 9.84 Å². The summed E-state index contributed by atoms with van der Waals surface area (Å²) in [5.74, 6) is -0.404. The number of ether oxygens (including phenoxy) is 1. The number of carboxylic acid groups (broad SMARTS) is 1. The van der Waals surface area contributed by atoms with Crippen molar-refractivity contribution in [2.45, 2.75) is 26.9 Å². The van der Waals surface area contributed by atoms with E-state index in [4.69, 9.17) is 21.4 Å². The van der Waals surface area contributed by atoms with Gasteiger partial charge in [-0.15, -0.1) is 0 Å². The van der Waals surface area contributed by atoms with E-state index in [0.717, 1.165) is 5.56 Å². The minimum absolute atomic E-state index is 0.0374. The van der Waals surface area contributed by atoms with E-state index in [-0.39, 0.29) is 16.7 Å². The van der Waals surface area contributed by atoms with E-state index in [9.17, 15) is 4.79 Å². The van der Waals surface area contributed by atoms with Crippen LogP contribution in [0.1, 0.15) is 29.8 Å². The Labute approximate surface area is 93.6 Å². The van der Waals surface area contributed by atoms with Crippen molar-refractivity contribution in [2.75, 3.05) is 0 Å². The molecule has 82 valence electrons.